The molecular weight excluding hydrogens is 314 g/mol. The van der Waals surface area contributed by atoms with Crippen LogP contribution in [0.3, 0.4) is 0 Å². The van der Waals surface area contributed by atoms with Crippen LogP contribution in [-0.4, -0.2) is 41.9 Å². The summed E-state index contributed by atoms with van der Waals surface area (Å²) < 4.78 is 5.57. The fourth-order valence-corrected chi connectivity index (χ4v) is 3.25. The topological polar surface area (TPSA) is 71.5 Å². The molecule has 1 aromatic carbocycles. The summed E-state index contributed by atoms with van der Waals surface area (Å²) >= 11 is 1.35. The maximum absolute atomic E-state index is 12.4. The average Bonchev–Trinajstić information content (AvgIpc) is 2.79. The summed E-state index contributed by atoms with van der Waals surface area (Å²) in [6, 6.07) is 5.10. The van der Waals surface area contributed by atoms with Gasteiger partial charge < -0.3 is 15.0 Å². The van der Waals surface area contributed by atoms with E-state index in [0.717, 1.165) is 5.01 Å². The molecule has 1 aromatic heterocycles. The number of carbonyl (C=O) groups excluding carboxylic acids is 2. The van der Waals surface area contributed by atoms with Gasteiger partial charge in [0.15, 0.2) is 0 Å². The highest BCUT2D eigenvalue weighted by Gasteiger charge is 2.22. The predicted molar refractivity (Wildman–Crippen MR) is 88.4 cm³/mol. The predicted octanol–water partition coefficient (Wildman–Crippen LogP) is 2.48. The molecule has 7 heteroatoms. The number of benzene rings is 1. The highest BCUT2D eigenvalue weighted by Crippen LogP contribution is 2.27. The van der Waals surface area contributed by atoms with Crippen LogP contribution >= 0.6 is 11.3 Å². The van der Waals surface area contributed by atoms with Gasteiger partial charge in [0.25, 0.3) is 11.8 Å². The number of aromatic nitrogens is 1. The normalized spacial score (nSPS) is 14.0. The van der Waals surface area contributed by atoms with Crippen molar-refractivity contribution in [1.29, 1.82) is 0 Å². The Labute approximate surface area is 138 Å². The Kier molecular flexibility index (Phi) is 4.04. The first-order valence-electron chi connectivity index (χ1n) is 7.23. The molecule has 0 radical (unpaired) electrons. The summed E-state index contributed by atoms with van der Waals surface area (Å²) in [6.07, 6.45) is 0. The number of likely N-dealkylation sites (N-methyl/N-ethyl adjacent to an activating group) is 1. The van der Waals surface area contributed by atoms with E-state index in [1.54, 1.807) is 30.1 Å². The fraction of sp³-hybridized carbons (Fsp3) is 0.312. The van der Waals surface area contributed by atoms with Crippen molar-refractivity contribution in [2.75, 3.05) is 25.5 Å². The number of nitrogens with one attached hydrogen (secondary N) is 1. The van der Waals surface area contributed by atoms with Crippen molar-refractivity contribution in [1.82, 2.24) is 9.88 Å². The molecule has 0 aliphatic carbocycles. The Balaban J connectivity index is 1.87. The average molecular weight is 331 g/mol. The first-order valence-corrected chi connectivity index (χ1v) is 8.05. The summed E-state index contributed by atoms with van der Waals surface area (Å²) in [5.74, 6) is 0.212. The molecule has 1 aliphatic rings. The van der Waals surface area contributed by atoms with E-state index in [9.17, 15) is 9.59 Å². The molecular formula is C16H17N3O3S. The van der Waals surface area contributed by atoms with Crippen LogP contribution in [-0.2, 0) is 0 Å². The van der Waals surface area contributed by atoms with Gasteiger partial charge in [-0.3, -0.25) is 9.59 Å². The van der Waals surface area contributed by atoms with Gasteiger partial charge >= 0.3 is 0 Å². The number of hydrogen-bond donors (Lipinski definition) is 1. The molecule has 0 saturated heterocycles. The number of fused-ring (bicyclic) bond motifs is 1. The van der Waals surface area contributed by atoms with Crippen molar-refractivity contribution in [2.45, 2.75) is 13.8 Å². The second-order valence-electron chi connectivity index (χ2n) is 5.39. The minimum atomic E-state index is -0.219. The molecule has 1 N–H and O–H groups in total. The molecule has 23 heavy (non-hydrogen) atoms. The summed E-state index contributed by atoms with van der Waals surface area (Å²) in [7, 11) is 1.73. The van der Waals surface area contributed by atoms with Crippen LogP contribution in [0, 0.1) is 13.8 Å². The molecule has 0 bridgehead atoms. The number of aryl methyl sites for hydroxylation is 2. The fourth-order valence-electron chi connectivity index (χ4n) is 2.43. The Hall–Kier alpha value is -2.41. The van der Waals surface area contributed by atoms with Gasteiger partial charge in [-0.25, -0.2) is 4.98 Å². The number of thiazole rings is 1. The zero-order chi connectivity index (χ0) is 16.6. The van der Waals surface area contributed by atoms with Gasteiger partial charge in [-0.2, -0.15) is 0 Å². The molecule has 0 unspecified atom stereocenters. The van der Waals surface area contributed by atoms with E-state index in [0.29, 0.717) is 40.7 Å². The lowest BCUT2D eigenvalue weighted by Gasteiger charge is -2.13. The van der Waals surface area contributed by atoms with Gasteiger partial charge in [0.1, 0.15) is 17.2 Å². The van der Waals surface area contributed by atoms with Crippen LogP contribution in [0.2, 0.25) is 0 Å². The summed E-state index contributed by atoms with van der Waals surface area (Å²) in [5.41, 5.74) is 1.73. The number of nitrogens with zero attached hydrogens (tertiary/aromatic N) is 2. The van der Waals surface area contributed by atoms with Crippen LogP contribution in [0.25, 0.3) is 0 Å². The number of amides is 2. The third kappa shape index (κ3) is 3.05. The third-order valence-corrected chi connectivity index (χ3v) is 4.68. The molecule has 2 aromatic rings. The smallest absolute Gasteiger partial charge is 0.267 e. The second kappa shape index (κ2) is 6.00. The van der Waals surface area contributed by atoms with E-state index < -0.39 is 0 Å². The first kappa shape index (κ1) is 15.5. The van der Waals surface area contributed by atoms with Crippen molar-refractivity contribution in [3.63, 3.8) is 0 Å². The Morgan fingerprint density at radius 3 is 2.87 bits per heavy atom. The first-order chi connectivity index (χ1) is 11.0. The zero-order valence-corrected chi connectivity index (χ0v) is 14.0. The van der Waals surface area contributed by atoms with Gasteiger partial charge in [0.05, 0.1) is 22.8 Å². The number of rotatable bonds is 2. The number of ether oxygens (including phenoxy) is 1. The monoisotopic (exact) mass is 331 g/mol. The molecule has 0 spiro atoms. The molecule has 2 amide bonds. The Morgan fingerprint density at radius 1 is 1.39 bits per heavy atom. The Morgan fingerprint density at radius 2 is 2.17 bits per heavy atom. The summed E-state index contributed by atoms with van der Waals surface area (Å²) in [4.78, 5) is 31.1. The van der Waals surface area contributed by atoms with Gasteiger partial charge in [0, 0.05) is 12.7 Å². The van der Waals surface area contributed by atoms with Crippen molar-refractivity contribution in [3.8, 4) is 5.75 Å². The van der Waals surface area contributed by atoms with Gasteiger partial charge in [0.2, 0.25) is 0 Å². The molecule has 0 saturated carbocycles. The molecule has 0 fully saturated rings. The number of carbonyl (C=O) groups is 2. The molecule has 3 rings (SSSR count). The van der Waals surface area contributed by atoms with Crippen molar-refractivity contribution < 1.29 is 14.3 Å². The van der Waals surface area contributed by atoms with Crippen LogP contribution in [0.15, 0.2) is 18.2 Å². The second-order valence-corrected chi connectivity index (χ2v) is 6.59. The van der Waals surface area contributed by atoms with E-state index in [1.165, 1.54) is 11.3 Å². The molecule has 0 atom stereocenters. The van der Waals surface area contributed by atoms with E-state index in [2.05, 4.69) is 10.3 Å². The van der Waals surface area contributed by atoms with Crippen LogP contribution in [0.5, 0.6) is 5.75 Å². The van der Waals surface area contributed by atoms with Crippen molar-refractivity contribution >= 4 is 28.8 Å². The van der Waals surface area contributed by atoms with Gasteiger partial charge in [-0.15, -0.1) is 11.3 Å². The lowest BCUT2D eigenvalue weighted by Crippen LogP contribution is -2.27. The summed E-state index contributed by atoms with van der Waals surface area (Å²) in [5, 5.41) is 3.67. The van der Waals surface area contributed by atoms with Crippen LogP contribution in [0.4, 0.5) is 5.69 Å². The summed E-state index contributed by atoms with van der Waals surface area (Å²) in [6.45, 7) is 4.67. The molecule has 120 valence electrons. The minimum absolute atomic E-state index is 0.113. The largest absolute Gasteiger partial charge is 0.491 e. The van der Waals surface area contributed by atoms with E-state index in [1.807, 2.05) is 13.8 Å². The van der Waals surface area contributed by atoms with E-state index in [-0.39, 0.29) is 11.8 Å². The minimum Gasteiger partial charge on any atom is -0.491 e. The lowest BCUT2D eigenvalue weighted by atomic mass is 10.1. The lowest BCUT2D eigenvalue weighted by molar-refractivity contribution is 0.0796. The van der Waals surface area contributed by atoms with Crippen molar-refractivity contribution in [2.24, 2.45) is 0 Å². The maximum atomic E-state index is 12.4. The SMILES string of the molecule is Cc1nc(C)c(C(=O)Nc2ccc3c(c2)C(=O)N(C)CCO3)s1. The van der Waals surface area contributed by atoms with Crippen LogP contribution < -0.4 is 10.1 Å². The van der Waals surface area contributed by atoms with E-state index in [4.69, 9.17) is 4.74 Å². The maximum Gasteiger partial charge on any atom is 0.267 e. The molecule has 6 nitrogen and oxygen atoms in total. The highest BCUT2D eigenvalue weighted by molar-refractivity contribution is 7.13. The Bertz CT molecular complexity index is 785. The number of hydrogen-bond acceptors (Lipinski definition) is 5. The van der Waals surface area contributed by atoms with Gasteiger partial charge in [-0.05, 0) is 32.0 Å². The van der Waals surface area contributed by atoms with Gasteiger partial charge in [-0.1, -0.05) is 0 Å². The number of anilines is 1. The standard InChI is InChI=1S/C16H17N3O3S/c1-9-14(23-10(2)17-9)15(20)18-11-4-5-13-12(8-11)16(21)19(3)6-7-22-13/h4-5,8H,6-7H2,1-3H3,(H,18,20). The van der Waals surface area contributed by atoms with E-state index >= 15 is 0 Å². The molecule has 1 aliphatic heterocycles. The molecule has 2 heterocycles. The van der Waals surface area contributed by atoms with Crippen LogP contribution in [0.1, 0.15) is 30.7 Å². The van der Waals surface area contributed by atoms with Crippen molar-refractivity contribution in [3.05, 3.63) is 39.3 Å². The zero-order valence-electron chi connectivity index (χ0n) is 13.2. The quantitative estimate of drug-likeness (QED) is 0.918. The highest BCUT2D eigenvalue weighted by atomic mass is 32.1. The third-order valence-electron chi connectivity index (χ3n) is 3.61.